The number of rotatable bonds is 6. The number of allylic oxidation sites excluding steroid dienone is 1. The minimum Gasteiger partial charge on any atom is -0.467 e. The molecule has 0 N–H and O–H groups in total. The van der Waals surface area contributed by atoms with E-state index in [1.165, 1.54) is 14.2 Å². The third kappa shape index (κ3) is 3.98. The molecule has 0 saturated carbocycles. The average Bonchev–Trinajstić information content (AvgIpc) is 2.85. The van der Waals surface area contributed by atoms with E-state index in [2.05, 4.69) is 6.58 Å². The van der Waals surface area contributed by atoms with Crippen molar-refractivity contribution in [2.75, 3.05) is 14.2 Å². The van der Waals surface area contributed by atoms with E-state index in [-0.39, 0.29) is 12.0 Å². The van der Waals surface area contributed by atoms with Crippen LogP contribution in [-0.2, 0) is 14.3 Å². The van der Waals surface area contributed by atoms with E-state index in [0.717, 1.165) is 32.1 Å². The number of ether oxygens (including phenoxy) is 2. The highest BCUT2D eigenvalue weighted by molar-refractivity contribution is 5.82. The van der Waals surface area contributed by atoms with Crippen LogP contribution in [-0.4, -0.2) is 43.3 Å². The molecule has 19 heavy (non-hydrogen) atoms. The largest absolute Gasteiger partial charge is 0.467 e. The van der Waals surface area contributed by atoms with Gasteiger partial charge in [0.15, 0.2) is 0 Å². The van der Waals surface area contributed by atoms with Crippen molar-refractivity contribution < 1.29 is 19.1 Å². The van der Waals surface area contributed by atoms with Gasteiger partial charge in [0.25, 0.3) is 0 Å². The Kier molecular flexibility index (Phi) is 6.39. The molecule has 2 atom stereocenters. The Bertz CT molecular complexity index is 329. The maximum absolute atomic E-state index is 11.8. The van der Waals surface area contributed by atoms with E-state index in [9.17, 15) is 9.59 Å². The molecule has 0 aromatic rings. The Morgan fingerprint density at radius 3 is 2.58 bits per heavy atom. The fourth-order valence-electron chi connectivity index (χ4n) is 2.58. The van der Waals surface area contributed by atoms with Gasteiger partial charge in [0.05, 0.1) is 14.2 Å². The van der Waals surface area contributed by atoms with Crippen molar-refractivity contribution in [3.05, 3.63) is 12.7 Å². The highest BCUT2D eigenvalue weighted by atomic mass is 16.5. The summed E-state index contributed by atoms with van der Waals surface area (Å²) in [5.41, 5.74) is 0. The molecule has 0 spiro atoms. The second-order valence-corrected chi connectivity index (χ2v) is 4.72. The fourth-order valence-corrected chi connectivity index (χ4v) is 2.58. The second kappa shape index (κ2) is 7.81. The lowest BCUT2D eigenvalue weighted by molar-refractivity contribution is -0.145. The molecule has 1 amide bonds. The van der Waals surface area contributed by atoms with Crippen molar-refractivity contribution in [2.24, 2.45) is 0 Å². The van der Waals surface area contributed by atoms with Gasteiger partial charge < -0.3 is 9.47 Å². The standard InChI is InChI=1S/C14H23NO4/c1-4-5-6-7-8-11-9-10-12(13(16)18-2)15(11)14(17)19-3/h4,11-12H,1,5-10H2,2-3H3/t11-,12+/m1/s1. The van der Waals surface area contributed by atoms with Crippen LogP contribution >= 0.6 is 0 Å². The van der Waals surface area contributed by atoms with Gasteiger partial charge >= 0.3 is 12.1 Å². The number of amides is 1. The van der Waals surface area contributed by atoms with Gasteiger partial charge in [-0.25, -0.2) is 9.59 Å². The number of hydrogen-bond acceptors (Lipinski definition) is 4. The molecule has 5 nitrogen and oxygen atoms in total. The summed E-state index contributed by atoms with van der Waals surface area (Å²) in [5.74, 6) is -0.362. The zero-order chi connectivity index (χ0) is 14.3. The van der Waals surface area contributed by atoms with Crippen molar-refractivity contribution in [2.45, 2.75) is 50.6 Å². The Balaban J connectivity index is 2.62. The van der Waals surface area contributed by atoms with Crippen molar-refractivity contribution in [1.82, 2.24) is 4.90 Å². The molecule has 108 valence electrons. The summed E-state index contributed by atoms with van der Waals surface area (Å²) in [5, 5.41) is 0. The zero-order valence-corrected chi connectivity index (χ0v) is 11.8. The molecule has 5 heteroatoms. The third-order valence-electron chi connectivity index (χ3n) is 3.56. The molecule has 1 fully saturated rings. The van der Waals surface area contributed by atoms with Gasteiger partial charge in [-0.2, -0.15) is 0 Å². The second-order valence-electron chi connectivity index (χ2n) is 4.72. The highest BCUT2D eigenvalue weighted by Crippen LogP contribution is 2.29. The molecule has 1 saturated heterocycles. The van der Waals surface area contributed by atoms with Crippen LogP contribution in [0.3, 0.4) is 0 Å². The monoisotopic (exact) mass is 269 g/mol. The number of carbonyl (C=O) groups is 2. The normalized spacial score (nSPS) is 22.1. The predicted octanol–water partition coefficient (Wildman–Crippen LogP) is 2.51. The molecule has 1 aliphatic heterocycles. The van der Waals surface area contributed by atoms with Crippen LogP contribution in [0.1, 0.15) is 38.5 Å². The number of unbranched alkanes of at least 4 members (excludes halogenated alkanes) is 2. The van der Waals surface area contributed by atoms with Gasteiger partial charge in [-0.15, -0.1) is 6.58 Å². The van der Waals surface area contributed by atoms with E-state index in [0.29, 0.717) is 6.42 Å². The molecule has 0 bridgehead atoms. The number of hydrogen-bond donors (Lipinski definition) is 0. The van der Waals surface area contributed by atoms with Crippen LogP contribution < -0.4 is 0 Å². The van der Waals surface area contributed by atoms with Crippen molar-refractivity contribution in [3.8, 4) is 0 Å². The van der Waals surface area contributed by atoms with Crippen molar-refractivity contribution in [1.29, 1.82) is 0 Å². The molecule has 1 rings (SSSR count). The first-order valence-electron chi connectivity index (χ1n) is 6.70. The fraction of sp³-hybridized carbons (Fsp3) is 0.714. The molecule has 0 unspecified atom stereocenters. The van der Waals surface area contributed by atoms with Gasteiger partial charge in [0, 0.05) is 6.04 Å². The lowest BCUT2D eigenvalue weighted by Gasteiger charge is -2.27. The van der Waals surface area contributed by atoms with E-state index in [1.54, 1.807) is 4.90 Å². The van der Waals surface area contributed by atoms with E-state index in [1.807, 2.05) is 6.08 Å². The van der Waals surface area contributed by atoms with Gasteiger partial charge in [0.1, 0.15) is 6.04 Å². The van der Waals surface area contributed by atoms with Crippen LogP contribution in [0.25, 0.3) is 0 Å². The number of nitrogens with zero attached hydrogens (tertiary/aromatic N) is 1. The maximum atomic E-state index is 11.8. The first kappa shape index (κ1) is 15.5. The molecule has 1 aliphatic rings. The average molecular weight is 269 g/mol. The first-order chi connectivity index (χ1) is 9.15. The van der Waals surface area contributed by atoms with E-state index < -0.39 is 12.1 Å². The summed E-state index contributed by atoms with van der Waals surface area (Å²) in [4.78, 5) is 25.0. The molecular weight excluding hydrogens is 246 g/mol. The van der Waals surface area contributed by atoms with Gasteiger partial charge in [-0.3, -0.25) is 4.90 Å². The molecular formula is C14H23NO4. The zero-order valence-electron chi connectivity index (χ0n) is 11.8. The lowest BCUT2D eigenvalue weighted by Crippen LogP contribution is -2.45. The Hall–Kier alpha value is -1.52. The van der Waals surface area contributed by atoms with Crippen LogP contribution in [0.4, 0.5) is 4.79 Å². The Labute approximate surface area is 114 Å². The summed E-state index contributed by atoms with van der Waals surface area (Å²) in [6.07, 6.45) is 6.85. The summed E-state index contributed by atoms with van der Waals surface area (Å²) < 4.78 is 9.53. The Morgan fingerprint density at radius 1 is 1.26 bits per heavy atom. The summed E-state index contributed by atoms with van der Waals surface area (Å²) in [6.45, 7) is 3.69. The number of methoxy groups -OCH3 is 2. The number of carbonyl (C=O) groups excluding carboxylic acids is 2. The van der Waals surface area contributed by atoms with Crippen molar-refractivity contribution in [3.63, 3.8) is 0 Å². The molecule has 0 aromatic carbocycles. The number of esters is 1. The number of likely N-dealkylation sites (tertiary alicyclic amines) is 1. The molecule has 1 heterocycles. The van der Waals surface area contributed by atoms with Gasteiger partial charge in [-0.1, -0.05) is 12.5 Å². The first-order valence-corrected chi connectivity index (χ1v) is 6.70. The van der Waals surface area contributed by atoms with Gasteiger partial charge in [0.2, 0.25) is 0 Å². The Morgan fingerprint density at radius 2 is 2.00 bits per heavy atom. The minimum atomic E-state index is -0.498. The summed E-state index contributed by atoms with van der Waals surface area (Å²) in [7, 11) is 2.68. The van der Waals surface area contributed by atoms with Crippen LogP contribution in [0.2, 0.25) is 0 Å². The quantitative estimate of drug-likeness (QED) is 0.422. The smallest absolute Gasteiger partial charge is 0.410 e. The van der Waals surface area contributed by atoms with E-state index in [4.69, 9.17) is 9.47 Å². The molecule has 0 radical (unpaired) electrons. The SMILES string of the molecule is C=CCCCC[C@@H]1CC[C@@H](C(=O)OC)N1C(=O)OC. The van der Waals surface area contributed by atoms with Crippen molar-refractivity contribution >= 4 is 12.1 Å². The van der Waals surface area contributed by atoms with Crippen LogP contribution in [0, 0.1) is 0 Å². The maximum Gasteiger partial charge on any atom is 0.410 e. The summed E-state index contributed by atoms with van der Waals surface area (Å²) >= 11 is 0. The third-order valence-corrected chi connectivity index (χ3v) is 3.56. The van der Waals surface area contributed by atoms with E-state index >= 15 is 0 Å². The van der Waals surface area contributed by atoms with Gasteiger partial charge in [-0.05, 0) is 32.1 Å². The molecule has 0 aliphatic carbocycles. The topological polar surface area (TPSA) is 55.8 Å². The minimum absolute atomic E-state index is 0.0707. The highest BCUT2D eigenvalue weighted by Gasteiger charge is 2.41. The summed E-state index contributed by atoms with van der Waals surface area (Å²) in [6, 6.07) is -0.428. The van der Waals surface area contributed by atoms with Crippen LogP contribution in [0.5, 0.6) is 0 Å². The van der Waals surface area contributed by atoms with Crippen LogP contribution in [0.15, 0.2) is 12.7 Å². The lowest BCUT2D eigenvalue weighted by atomic mass is 10.1. The molecule has 0 aromatic heterocycles. The predicted molar refractivity (Wildman–Crippen MR) is 71.7 cm³/mol.